The number of hydrogen-bond acceptors (Lipinski definition) is 7. The number of methoxy groups -OCH3 is 1. The third-order valence-corrected chi connectivity index (χ3v) is 7.47. The summed E-state index contributed by atoms with van der Waals surface area (Å²) in [6, 6.07) is 18.0. The molecule has 4 aromatic rings. The van der Waals surface area contributed by atoms with E-state index in [0.717, 1.165) is 6.26 Å². The van der Waals surface area contributed by atoms with Gasteiger partial charge in [0.2, 0.25) is 19.9 Å². The molecule has 1 amide bonds. The van der Waals surface area contributed by atoms with E-state index in [1.165, 1.54) is 43.5 Å². The van der Waals surface area contributed by atoms with Crippen LogP contribution in [0.3, 0.4) is 0 Å². The number of aromatic nitrogens is 1. The molecule has 0 bridgehead atoms. The molecule has 0 atom stereocenters. The molecule has 3 N–H and O–H groups in total. The van der Waals surface area contributed by atoms with Gasteiger partial charge in [-0.05, 0) is 54.6 Å². The number of fused-ring (bicyclic) bond motifs is 1. The number of sulfone groups is 1. The Morgan fingerprint density at radius 3 is 2.42 bits per heavy atom. The lowest BCUT2D eigenvalue weighted by atomic mass is 10.2. The predicted molar refractivity (Wildman–Crippen MR) is 134 cm³/mol. The van der Waals surface area contributed by atoms with Crippen LogP contribution < -0.4 is 14.8 Å². The van der Waals surface area contributed by atoms with Gasteiger partial charge in [0.15, 0.2) is 0 Å². The summed E-state index contributed by atoms with van der Waals surface area (Å²) in [4.78, 5) is 15.6. The number of nitriles is 1. The second kappa shape index (κ2) is 9.37. The summed E-state index contributed by atoms with van der Waals surface area (Å²) in [5, 5.41) is 12.5. The molecule has 0 unspecified atom stereocenters. The Balaban J connectivity index is 1.60. The van der Waals surface area contributed by atoms with E-state index in [1.54, 1.807) is 30.3 Å². The fourth-order valence-corrected chi connectivity index (χ4v) is 5.43. The van der Waals surface area contributed by atoms with Gasteiger partial charge < -0.3 is 15.0 Å². The van der Waals surface area contributed by atoms with Crippen molar-refractivity contribution in [1.29, 1.82) is 5.26 Å². The molecule has 0 fully saturated rings. The molecule has 0 aliphatic rings. The number of sulfonamides is 1. The lowest BCUT2D eigenvalue weighted by molar-refractivity contribution is 0.102. The van der Waals surface area contributed by atoms with E-state index < -0.39 is 25.8 Å². The first-order chi connectivity index (χ1) is 17.0. The lowest BCUT2D eigenvalue weighted by Crippen LogP contribution is -2.13. The maximum absolute atomic E-state index is 13.2. The zero-order valence-corrected chi connectivity index (χ0v) is 20.7. The second-order valence-electron chi connectivity index (χ2n) is 7.85. The summed E-state index contributed by atoms with van der Waals surface area (Å²) >= 11 is 0. The fraction of sp³-hybridized carbons (Fsp3) is 0.0833. The second-order valence-corrected chi connectivity index (χ2v) is 11.6. The number of aromatic amines is 1. The Labute approximate surface area is 207 Å². The number of amides is 1. The van der Waals surface area contributed by atoms with Gasteiger partial charge in [-0.2, -0.15) is 5.26 Å². The van der Waals surface area contributed by atoms with Crippen LogP contribution in [0.4, 0.5) is 11.4 Å². The highest BCUT2D eigenvalue weighted by atomic mass is 32.2. The molecule has 12 heteroatoms. The maximum atomic E-state index is 13.2. The topological polar surface area (TPSA) is 158 Å². The van der Waals surface area contributed by atoms with Crippen molar-refractivity contribution in [1.82, 2.24) is 4.98 Å². The van der Waals surface area contributed by atoms with E-state index in [9.17, 15) is 26.9 Å². The number of benzene rings is 3. The van der Waals surface area contributed by atoms with E-state index in [0.29, 0.717) is 16.6 Å². The van der Waals surface area contributed by atoms with Crippen molar-refractivity contribution in [3.8, 4) is 11.8 Å². The average Bonchev–Trinajstić information content (AvgIpc) is 3.26. The Morgan fingerprint density at radius 1 is 0.944 bits per heavy atom. The molecule has 10 nitrogen and oxygen atoms in total. The molecule has 1 aromatic heterocycles. The minimum absolute atomic E-state index is 0.0782. The van der Waals surface area contributed by atoms with Crippen LogP contribution in [-0.2, 0) is 19.9 Å². The first-order valence-corrected chi connectivity index (χ1v) is 13.7. The fourth-order valence-electron chi connectivity index (χ4n) is 3.51. The predicted octanol–water partition coefficient (Wildman–Crippen LogP) is 3.50. The van der Waals surface area contributed by atoms with Gasteiger partial charge in [-0.1, -0.05) is 12.1 Å². The molecule has 0 saturated heterocycles. The van der Waals surface area contributed by atoms with Crippen LogP contribution in [0, 0.1) is 11.3 Å². The van der Waals surface area contributed by atoms with Crippen molar-refractivity contribution in [3.63, 3.8) is 0 Å². The van der Waals surface area contributed by atoms with E-state index in [4.69, 9.17) is 4.74 Å². The molecule has 0 aliphatic heterocycles. The number of hydrogen-bond donors (Lipinski definition) is 3. The number of nitrogens with one attached hydrogen (secondary N) is 3. The van der Waals surface area contributed by atoms with E-state index in [1.807, 2.05) is 6.07 Å². The van der Waals surface area contributed by atoms with Gasteiger partial charge in [-0.15, -0.1) is 0 Å². The summed E-state index contributed by atoms with van der Waals surface area (Å²) in [6.07, 6.45) is 1.04. The number of rotatable bonds is 7. The highest BCUT2D eigenvalue weighted by molar-refractivity contribution is 7.92. The third-order valence-electron chi connectivity index (χ3n) is 5.13. The van der Waals surface area contributed by atoms with Crippen LogP contribution in [0.5, 0.6) is 5.75 Å². The lowest BCUT2D eigenvalue weighted by Gasteiger charge is -2.10. The molecule has 3 aromatic carbocycles. The number of ether oxygens (including phenoxy) is 1. The van der Waals surface area contributed by atoms with Crippen LogP contribution in [0.25, 0.3) is 10.9 Å². The van der Waals surface area contributed by atoms with Gasteiger partial charge >= 0.3 is 0 Å². The Hall–Kier alpha value is -4.34. The molecule has 4 rings (SSSR count). The van der Waals surface area contributed by atoms with Crippen LogP contribution in [-0.4, -0.2) is 41.1 Å². The molecule has 0 aliphatic carbocycles. The van der Waals surface area contributed by atoms with Crippen molar-refractivity contribution in [2.24, 2.45) is 0 Å². The maximum Gasteiger partial charge on any atom is 0.272 e. The van der Waals surface area contributed by atoms with Crippen molar-refractivity contribution in [3.05, 3.63) is 78.0 Å². The zero-order valence-electron chi connectivity index (χ0n) is 19.1. The molecule has 36 heavy (non-hydrogen) atoms. The van der Waals surface area contributed by atoms with Gasteiger partial charge in [-0.25, -0.2) is 16.8 Å². The number of carbonyl (C=O) groups is 1. The normalized spacial score (nSPS) is 11.6. The molecule has 1 heterocycles. The van der Waals surface area contributed by atoms with Gasteiger partial charge in [0, 0.05) is 16.6 Å². The van der Waals surface area contributed by atoms with Crippen LogP contribution in [0.2, 0.25) is 0 Å². The monoisotopic (exact) mass is 524 g/mol. The number of H-pyrrole nitrogens is 1. The van der Waals surface area contributed by atoms with Gasteiger partial charge in [-0.3, -0.25) is 9.52 Å². The third kappa shape index (κ3) is 5.32. The summed E-state index contributed by atoms with van der Waals surface area (Å²) in [5.41, 5.74) is 1.44. The van der Waals surface area contributed by atoms with Crippen LogP contribution in [0.1, 0.15) is 16.1 Å². The van der Waals surface area contributed by atoms with Gasteiger partial charge in [0.25, 0.3) is 5.91 Å². The van der Waals surface area contributed by atoms with E-state index in [-0.39, 0.29) is 32.5 Å². The summed E-state index contributed by atoms with van der Waals surface area (Å²) in [7, 11) is -6.10. The van der Waals surface area contributed by atoms with E-state index >= 15 is 0 Å². The summed E-state index contributed by atoms with van der Waals surface area (Å²) in [6.45, 7) is 0. The van der Waals surface area contributed by atoms with Gasteiger partial charge in [0.05, 0.1) is 40.5 Å². The smallest absolute Gasteiger partial charge is 0.272 e. The minimum atomic E-state index is -4.01. The Morgan fingerprint density at radius 2 is 1.72 bits per heavy atom. The molecule has 184 valence electrons. The van der Waals surface area contributed by atoms with Crippen molar-refractivity contribution < 1.29 is 26.4 Å². The van der Waals surface area contributed by atoms with Crippen LogP contribution in [0.15, 0.2) is 76.5 Å². The largest absolute Gasteiger partial charge is 0.497 e. The summed E-state index contributed by atoms with van der Waals surface area (Å²) in [5.74, 6) is -0.294. The van der Waals surface area contributed by atoms with Crippen LogP contribution >= 0.6 is 0 Å². The summed E-state index contributed by atoms with van der Waals surface area (Å²) < 4.78 is 56.8. The SMILES string of the molecule is COc1cc(C#N)cc(S(=O)(=O)c2cccc(NC(=O)c3cc4ccc(NS(C)(=O)=O)cc4[nH]3)c2)c1. The first kappa shape index (κ1) is 24.8. The number of anilines is 2. The highest BCUT2D eigenvalue weighted by Gasteiger charge is 2.21. The Kier molecular flexibility index (Phi) is 6.45. The van der Waals surface area contributed by atoms with Crippen molar-refractivity contribution in [2.75, 3.05) is 23.4 Å². The molecular formula is C24H20N4O6S2. The Bertz CT molecular complexity index is 1750. The zero-order chi connectivity index (χ0) is 26.1. The molecule has 0 spiro atoms. The number of carbonyl (C=O) groups excluding carboxylic acids is 1. The van der Waals surface area contributed by atoms with Gasteiger partial charge in [0.1, 0.15) is 11.4 Å². The van der Waals surface area contributed by atoms with E-state index in [2.05, 4.69) is 15.0 Å². The average molecular weight is 525 g/mol. The standard InChI is InChI=1S/C24H20N4O6S2/c1-34-19-8-15(14-25)9-21(13-19)36(32,33)20-5-3-4-17(11-20)26-24(29)23-10-16-6-7-18(12-22(16)27-23)28-35(2,30)31/h3-13,27-28H,1-2H3,(H,26,29). The molecular weight excluding hydrogens is 504 g/mol. The molecule has 0 radical (unpaired) electrons. The minimum Gasteiger partial charge on any atom is -0.497 e. The highest BCUT2D eigenvalue weighted by Crippen LogP contribution is 2.28. The molecule has 0 saturated carbocycles. The van der Waals surface area contributed by atoms with Crippen molar-refractivity contribution in [2.45, 2.75) is 9.79 Å². The van der Waals surface area contributed by atoms with Crippen molar-refractivity contribution >= 4 is 48.0 Å². The first-order valence-electron chi connectivity index (χ1n) is 10.3. The quantitative estimate of drug-likeness (QED) is 0.334. The number of nitrogens with zero attached hydrogens (tertiary/aromatic N) is 1.